The van der Waals surface area contributed by atoms with Crippen LogP contribution in [-0.2, 0) is 9.59 Å². The smallest absolute Gasteiger partial charge is 0.326 e. The first-order valence-corrected chi connectivity index (χ1v) is 5.96. The lowest BCUT2D eigenvalue weighted by molar-refractivity contribution is -0.143. The highest BCUT2D eigenvalue weighted by Crippen LogP contribution is 2.02. The number of carbonyl (C=O) groups excluding carboxylic acids is 1. The molecule has 0 bridgehead atoms. The highest BCUT2D eigenvalue weighted by molar-refractivity contribution is 5.84. The molecule has 0 aromatic rings. The van der Waals surface area contributed by atoms with E-state index in [4.69, 9.17) is 5.11 Å². The van der Waals surface area contributed by atoms with E-state index in [9.17, 15) is 9.59 Å². The van der Waals surface area contributed by atoms with E-state index in [1.54, 1.807) is 13.8 Å². The van der Waals surface area contributed by atoms with Gasteiger partial charge in [-0.1, -0.05) is 13.8 Å². The first-order valence-electron chi connectivity index (χ1n) is 5.96. The first-order chi connectivity index (χ1) is 8.00. The van der Waals surface area contributed by atoms with E-state index in [0.717, 1.165) is 26.2 Å². The van der Waals surface area contributed by atoms with E-state index in [-0.39, 0.29) is 18.4 Å². The molecule has 1 atom stereocenters. The minimum atomic E-state index is -0.978. The molecule has 0 aromatic carbocycles. The third-order valence-corrected chi connectivity index (χ3v) is 2.83. The van der Waals surface area contributed by atoms with Crippen LogP contribution < -0.4 is 10.6 Å². The van der Waals surface area contributed by atoms with Gasteiger partial charge >= 0.3 is 5.97 Å². The van der Waals surface area contributed by atoms with Crippen LogP contribution in [-0.4, -0.2) is 60.6 Å². The summed E-state index contributed by atoms with van der Waals surface area (Å²) in [5.41, 5.74) is 0. The van der Waals surface area contributed by atoms with Gasteiger partial charge in [-0.3, -0.25) is 9.69 Å². The van der Waals surface area contributed by atoms with Crippen LogP contribution in [0.3, 0.4) is 0 Å². The summed E-state index contributed by atoms with van der Waals surface area (Å²) in [5, 5.41) is 14.7. The molecule has 0 aromatic heterocycles. The molecule has 6 heteroatoms. The molecule has 6 nitrogen and oxygen atoms in total. The minimum absolute atomic E-state index is 0.112. The number of amides is 1. The Morgan fingerprint density at radius 3 is 2.41 bits per heavy atom. The van der Waals surface area contributed by atoms with Crippen LogP contribution in [0.4, 0.5) is 0 Å². The number of nitrogens with zero attached hydrogens (tertiary/aromatic N) is 1. The van der Waals surface area contributed by atoms with Gasteiger partial charge < -0.3 is 15.7 Å². The topological polar surface area (TPSA) is 81.7 Å². The third-order valence-electron chi connectivity index (χ3n) is 2.83. The molecule has 98 valence electrons. The lowest BCUT2D eigenvalue weighted by atomic mass is 10.0. The maximum Gasteiger partial charge on any atom is 0.326 e. The number of rotatable bonds is 5. The van der Waals surface area contributed by atoms with E-state index in [1.807, 2.05) is 4.90 Å². The van der Waals surface area contributed by atoms with Gasteiger partial charge in [0.15, 0.2) is 0 Å². The predicted molar refractivity (Wildman–Crippen MR) is 63.7 cm³/mol. The van der Waals surface area contributed by atoms with Gasteiger partial charge in [0.1, 0.15) is 6.04 Å². The molecule has 1 aliphatic rings. The molecule has 1 heterocycles. The summed E-state index contributed by atoms with van der Waals surface area (Å²) in [5.74, 6) is -1.30. The zero-order chi connectivity index (χ0) is 12.8. The molecule has 1 saturated heterocycles. The maximum absolute atomic E-state index is 11.7. The molecule has 0 unspecified atom stereocenters. The molecule has 0 spiro atoms. The minimum Gasteiger partial charge on any atom is -0.480 e. The van der Waals surface area contributed by atoms with Crippen LogP contribution >= 0.6 is 0 Å². The molecule has 0 radical (unpaired) electrons. The average molecular weight is 243 g/mol. The van der Waals surface area contributed by atoms with Crippen molar-refractivity contribution in [1.29, 1.82) is 0 Å². The molecule has 1 rings (SSSR count). The highest BCUT2D eigenvalue weighted by atomic mass is 16.4. The van der Waals surface area contributed by atoms with Crippen molar-refractivity contribution in [3.63, 3.8) is 0 Å². The van der Waals surface area contributed by atoms with Crippen molar-refractivity contribution in [2.24, 2.45) is 5.92 Å². The largest absolute Gasteiger partial charge is 0.480 e. The van der Waals surface area contributed by atoms with Crippen LogP contribution in [0.15, 0.2) is 0 Å². The molecule has 3 N–H and O–H groups in total. The fourth-order valence-electron chi connectivity index (χ4n) is 1.80. The molecule has 1 amide bonds. The Hall–Kier alpha value is -1.14. The Bertz CT molecular complexity index is 275. The molecule has 0 aliphatic carbocycles. The summed E-state index contributed by atoms with van der Waals surface area (Å²) >= 11 is 0. The van der Waals surface area contributed by atoms with Crippen LogP contribution in [0, 0.1) is 5.92 Å². The summed E-state index contributed by atoms with van der Waals surface area (Å²) in [4.78, 5) is 24.6. The van der Waals surface area contributed by atoms with E-state index in [0.29, 0.717) is 0 Å². The Morgan fingerprint density at radius 1 is 1.35 bits per heavy atom. The van der Waals surface area contributed by atoms with E-state index >= 15 is 0 Å². The van der Waals surface area contributed by atoms with Crippen molar-refractivity contribution >= 4 is 11.9 Å². The zero-order valence-corrected chi connectivity index (χ0v) is 10.4. The number of carboxylic acid groups (broad SMARTS) is 1. The monoisotopic (exact) mass is 243 g/mol. The van der Waals surface area contributed by atoms with Gasteiger partial charge in [-0.05, 0) is 5.92 Å². The number of hydrogen-bond donors (Lipinski definition) is 3. The fraction of sp³-hybridized carbons (Fsp3) is 0.818. The van der Waals surface area contributed by atoms with Crippen molar-refractivity contribution in [3.8, 4) is 0 Å². The fourth-order valence-corrected chi connectivity index (χ4v) is 1.80. The van der Waals surface area contributed by atoms with Crippen LogP contribution in [0.5, 0.6) is 0 Å². The Balaban J connectivity index is 2.38. The summed E-state index contributed by atoms with van der Waals surface area (Å²) in [7, 11) is 0. The lowest BCUT2D eigenvalue weighted by Gasteiger charge is -2.27. The summed E-state index contributed by atoms with van der Waals surface area (Å²) in [6, 6.07) is -0.801. The number of aliphatic carboxylic acids is 1. The van der Waals surface area contributed by atoms with E-state index in [2.05, 4.69) is 10.6 Å². The highest BCUT2D eigenvalue weighted by Gasteiger charge is 2.24. The number of piperazine rings is 1. The van der Waals surface area contributed by atoms with Crippen molar-refractivity contribution in [2.45, 2.75) is 19.9 Å². The predicted octanol–water partition coefficient (Wildman–Crippen LogP) is -0.883. The number of carbonyl (C=O) groups is 2. The summed E-state index contributed by atoms with van der Waals surface area (Å²) in [6.45, 7) is 7.24. The van der Waals surface area contributed by atoms with Crippen LogP contribution in [0.2, 0.25) is 0 Å². The molecule has 1 aliphatic heterocycles. The van der Waals surface area contributed by atoms with E-state index < -0.39 is 12.0 Å². The SMILES string of the molecule is CC(C)[C@H](NC(=O)CN1CCNCC1)C(=O)O. The van der Waals surface area contributed by atoms with Gasteiger partial charge in [0.25, 0.3) is 0 Å². The van der Waals surface area contributed by atoms with Crippen molar-refractivity contribution < 1.29 is 14.7 Å². The molecular weight excluding hydrogens is 222 g/mol. The van der Waals surface area contributed by atoms with Crippen LogP contribution in [0.25, 0.3) is 0 Å². The van der Waals surface area contributed by atoms with Crippen molar-refractivity contribution in [3.05, 3.63) is 0 Å². The normalized spacial score (nSPS) is 19.0. The van der Waals surface area contributed by atoms with Crippen molar-refractivity contribution in [1.82, 2.24) is 15.5 Å². The molecule has 17 heavy (non-hydrogen) atoms. The van der Waals surface area contributed by atoms with Crippen molar-refractivity contribution in [2.75, 3.05) is 32.7 Å². The number of hydrogen-bond acceptors (Lipinski definition) is 4. The lowest BCUT2D eigenvalue weighted by Crippen LogP contribution is -2.51. The second-order valence-corrected chi connectivity index (χ2v) is 4.65. The standard InChI is InChI=1S/C11H21N3O3/c1-8(2)10(11(16)17)13-9(15)7-14-5-3-12-4-6-14/h8,10,12H,3-7H2,1-2H3,(H,13,15)(H,16,17)/t10-/m0/s1. The van der Waals surface area contributed by atoms with Gasteiger partial charge in [-0.15, -0.1) is 0 Å². The number of carboxylic acids is 1. The van der Waals surface area contributed by atoms with Gasteiger partial charge in [0, 0.05) is 26.2 Å². The molecule has 0 saturated carbocycles. The first kappa shape index (κ1) is 13.9. The second kappa shape index (κ2) is 6.56. The molecule has 1 fully saturated rings. The van der Waals surface area contributed by atoms with Gasteiger partial charge in [-0.25, -0.2) is 4.79 Å². The Kier molecular flexibility index (Phi) is 5.37. The van der Waals surface area contributed by atoms with E-state index in [1.165, 1.54) is 0 Å². The van der Waals surface area contributed by atoms with Crippen LogP contribution in [0.1, 0.15) is 13.8 Å². The summed E-state index contributed by atoms with van der Waals surface area (Å²) < 4.78 is 0. The quantitative estimate of drug-likeness (QED) is 0.584. The number of nitrogens with one attached hydrogen (secondary N) is 2. The second-order valence-electron chi connectivity index (χ2n) is 4.65. The van der Waals surface area contributed by atoms with Gasteiger partial charge in [0.05, 0.1) is 6.54 Å². The zero-order valence-electron chi connectivity index (χ0n) is 10.4. The maximum atomic E-state index is 11.7. The Labute approximate surface area is 101 Å². The molecular formula is C11H21N3O3. The van der Waals surface area contributed by atoms with Gasteiger partial charge in [0.2, 0.25) is 5.91 Å². The Morgan fingerprint density at radius 2 is 1.94 bits per heavy atom. The average Bonchev–Trinajstić information content (AvgIpc) is 2.26. The summed E-state index contributed by atoms with van der Waals surface area (Å²) in [6.07, 6.45) is 0. The van der Waals surface area contributed by atoms with Gasteiger partial charge in [-0.2, -0.15) is 0 Å². The third kappa shape index (κ3) is 4.70.